The van der Waals surface area contributed by atoms with Crippen molar-refractivity contribution in [3.05, 3.63) is 113 Å². The topological polar surface area (TPSA) is 63.7 Å². The predicted octanol–water partition coefficient (Wildman–Crippen LogP) is 9.73. The molecule has 4 heterocycles. The van der Waals surface area contributed by atoms with Crippen LogP contribution in [0, 0.1) is 18.3 Å². The second kappa shape index (κ2) is 9.83. The Kier molecular flexibility index (Phi) is 6.07. The zero-order valence-electron chi connectivity index (χ0n) is 23.8. The fourth-order valence-electron chi connectivity index (χ4n) is 5.48. The van der Waals surface area contributed by atoms with Crippen molar-refractivity contribution in [3.63, 3.8) is 0 Å². The first-order valence-electron chi connectivity index (χ1n) is 13.9. The van der Waals surface area contributed by atoms with Gasteiger partial charge >= 0.3 is 0 Å². The van der Waals surface area contributed by atoms with E-state index in [1.165, 1.54) is 20.5 Å². The molecule has 0 bridgehead atoms. The van der Waals surface area contributed by atoms with E-state index >= 15 is 0 Å². The highest BCUT2D eigenvalue weighted by Crippen LogP contribution is 2.38. The lowest BCUT2D eigenvalue weighted by molar-refractivity contribution is 0.479. The highest BCUT2D eigenvalue weighted by molar-refractivity contribution is 7.18. The van der Waals surface area contributed by atoms with Gasteiger partial charge in [-0.1, -0.05) is 26.8 Å². The van der Waals surface area contributed by atoms with E-state index in [0.29, 0.717) is 5.56 Å². The van der Waals surface area contributed by atoms with E-state index in [1.807, 2.05) is 48.7 Å². The number of ether oxygens (including phenoxy) is 1. The molecule has 7 aromatic rings. The number of aryl methyl sites for hydroxylation is 1. The molecule has 7 rings (SSSR count). The minimum absolute atomic E-state index is 0.0784. The number of fused-ring (bicyclic) bond motifs is 4. The molecule has 0 aliphatic rings. The zero-order chi connectivity index (χ0) is 29.0. The molecule has 42 heavy (non-hydrogen) atoms. The number of pyridine rings is 2. The maximum atomic E-state index is 9.55. The van der Waals surface area contributed by atoms with Gasteiger partial charge in [-0.05, 0) is 96.1 Å². The van der Waals surface area contributed by atoms with Gasteiger partial charge in [-0.2, -0.15) is 5.26 Å². The third kappa shape index (κ3) is 4.58. The van der Waals surface area contributed by atoms with Gasteiger partial charge in [0, 0.05) is 39.7 Å². The lowest BCUT2D eigenvalue weighted by Gasteiger charge is -2.21. The lowest BCUT2D eigenvalue weighted by atomic mass is 9.85. The van der Waals surface area contributed by atoms with Crippen molar-refractivity contribution in [1.82, 2.24) is 14.5 Å². The molecule has 6 heteroatoms. The molecule has 204 valence electrons. The molecule has 0 saturated carbocycles. The Morgan fingerprint density at radius 2 is 1.71 bits per heavy atom. The van der Waals surface area contributed by atoms with Crippen LogP contribution in [0.3, 0.4) is 0 Å². The monoisotopic (exact) mass is 564 g/mol. The van der Waals surface area contributed by atoms with Crippen molar-refractivity contribution in [3.8, 4) is 34.6 Å². The summed E-state index contributed by atoms with van der Waals surface area (Å²) in [6.07, 6.45) is 3.76. The third-order valence-electron chi connectivity index (χ3n) is 7.58. The normalized spacial score (nSPS) is 11.8. The SMILES string of the molecule is Cc1cc2cc(-c3cc(Oc4ccc5c6cc(C#N)ccc6n(-c6ccccn6)c5c4)cc(C(C)(C)C)c3)ncc2s1. The maximum absolute atomic E-state index is 9.55. The van der Waals surface area contributed by atoms with Gasteiger partial charge in [-0.3, -0.25) is 9.55 Å². The van der Waals surface area contributed by atoms with Crippen LogP contribution < -0.4 is 4.74 Å². The number of benzene rings is 3. The summed E-state index contributed by atoms with van der Waals surface area (Å²) in [6, 6.07) is 30.8. The number of rotatable bonds is 4. The lowest BCUT2D eigenvalue weighted by Crippen LogP contribution is -2.11. The minimum Gasteiger partial charge on any atom is -0.457 e. The molecule has 4 aromatic heterocycles. The van der Waals surface area contributed by atoms with E-state index in [4.69, 9.17) is 9.72 Å². The highest BCUT2D eigenvalue weighted by atomic mass is 32.1. The van der Waals surface area contributed by atoms with Crippen LogP contribution in [0.1, 0.15) is 36.8 Å². The van der Waals surface area contributed by atoms with Crippen molar-refractivity contribution in [2.24, 2.45) is 0 Å². The molecule has 0 atom stereocenters. The van der Waals surface area contributed by atoms with E-state index < -0.39 is 0 Å². The molecule has 0 aliphatic heterocycles. The fraction of sp³-hybridized carbons (Fsp3) is 0.139. The summed E-state index contributed by atoms with van der Waals surface area (Å²) in [5, 5.41) is 12.8. The molecule has 0 saturated heterocycles. The maximum Gasteiger partial charge on any atom is 0.137 e. The predicted molar refractivity (Wildman–Crippen MR) is 172 cm³/mol. The van der Waals surface area contributed by atoms with Gasteiger partial charge in [-0.15, -0.1) is 11.3 Å². The number of nitrogens with zero attached hydrogens (tertiary/aromatic N) is 4. The van der Waals surface area contributed by atoms with Gasteiger partial charge in [0.25, 0.3) is 0 Å². The highest BCUT2D eigenvalue weighted by Gasteiger charge is 2.19. The zero-order valence-corrected chi connectivity index (χ0v) is 24.7. The van der Waals surface area contributed by atoms with Crippen LogP contribution in [0.4, 0.5) is 0 Å². The fourth-order valence-corrected chi connectivity index (χ4v) is 6.35. The van der Waals surface area contributed by atoms with Crippen LogP contribution in [0.15, 0.2) is 97.3 Å². The van der Waals surface area contributed by atoms with Crippen molar-refractivity contribution < 1.29 is 4.74 Å². The number of hydrogen-bond acceptors (Lipinski definition) is 5. The summed E-state index contributed by atoms with van der Waals surface area (Å²) < 4.78 is 9.91. The molecular formula is C36H28N4OS. The average molecular weight is 565 g/mol. The quantitative estimate of drug-likeness (QED) is 0.213. The first-order valence-corrected chi connectivity index (χ1v) is 14.7. The second-order valence-electron chi connectivity index (χ2n) is 11.6. The molecule has 0 fully saturated rings. The third-order valence-corrected chi connectivity index (χ3v) is 8.58. The van der Waals surface area contributed by atoms with Gasteiger partial charge in [-0.25, -0.2) is 4.98 Å². The Morgan fingerprint density at radius 3 is 2.50 bits per heavy atom. The van der Waals surface area contributed by atoms with E-state index in [0.717, 1.165) is 50.4 Å². The van der Waals surface area contributed by atoms with Crippen LogP contribution in [0.25, 0.3) is 49.0 Å². The molecule has 0 spiro atoms. The average Bonchev–Trinajstić information content (AvgIpc) is 3.52. The van der Waals surface area contributed by atoms with Gasteiger partial charge < -0.3 is 4.74 Å². The Balaban J connectivity index is 1.37. The first-order chi connectivity index (χ1) is 20.3. The van der Waals surface area contributed by atoms with E-state index in [9.17, 15) is 5.26 Å². The summed E-state index contributed by atoms with van der Waals surface area (Å²) in [5.74, 6) is 2.28. The number of aromatic nitrogens is 3. The van der Waals surface area contributed by atoms with Gasteiger partial charge in [0.2, 0.25) is 0 Å². The van der Waals surface area contributed by atoms with Crippen LogP contribution >= 0.6 is 11.3 Å². The number of thiophene rings is 1. The van der Waals surface area contributed by atoms with Crippen molar-refractivity contribution in [2.75, 3.05) is 0 Å². The van der Waals surface area contributed by atoms with Gasteiger partial charge in [0.1, 0.15) is 17.3 Å². The van der Waals surface area contributed by atoms with Crippen LogP contribution in [0.2, 0.25) is 0 Å². The van der Waals surface area contributed by atoms with Gasteiger partial charge in [0.05, 0.1) is 33.1 Å². The summed E-state index contributed by atoms with van der Waals surface area (Å²) in [5.41, 5.74) is 5.62. The van der Waals surface area contributed by atoms with Crippen molar-refractivity contribution >= 4 is 43.2 Å². The Morgan fingerprint density at radius 1 is 0.833 bits per heavy atom. The van der Waals surface area contributed by atoms with Gasteiger partial charge in [0.15, 0.2) is 0 Å². The molecule has 5 nitrogen and oxygen atoms in total. The summed E-state index contributed by atoms with van der Waals surface area (Å²) in [6.45, 7) is 8.76. The summed E-state index contributed by atoms with van der Waals surface area (Å²) in [4.78, 5) is 10.7. The van der Waals surface area contributed by atoms with Crippen molar-refractivity contribution in [1.29, 1.82) is 5.26 Å². The van der Waals surface area contributed by atoms with E-state index in [1.54, 1.807) is 17.5 Å². The Hall–Kier alpha value is -4.99. The Bertz CT molecular complexity index is 2180. The summed E-state index contributed by atoms with van der Waals surface area (Å²) >= 11 is 1.76. The number of hydrogen-bond donors (Lipinski definition) is 0. The van der Waals surface area contributed by atoms with Crippen LogP contribution in [0.5, 0.6) is 11.5 Å². The molecule has 3 aromatic carbocycles. The molecular weight excluding hydrogens is 536 g/mol. The molecule has 0 radical (unpaired) electrons. The van der Waals surface area contributed by atoms with E-state index in [2.05, 4.69) is 85.8 Å². The smallest absolute Gasteiger partial charge is 0.137 e. The van der Waals surface area contributed by atoms with Crippen LogP contribution in [-0.2, 0) is 5.41 Å². The molecule has 0 aliphatic carbocycles. The van der Waals surface area contributed by atoms with Crippen molar-refractivity contribution in [2.45, 2.75) is 33.1 Å². The first kappa shape index (κ1) is 25.9. The minimum atomic E-state index is -0.0784. The largest absolute Gasteiger partial charge is 0.457 e. The summed E-state index contributed by atoms with van der Waals surface area (Å²) in [7, 11) is 0. The second-order valence-corrected chi connectivity index (χ2v) is 12.9. The van der Waals surface area contributed by atoms with E-state index in [-0.39, 0.29) is 5.41 Å². The Labute approximate surface area is 248 Å². The standard InChI is InChI=1S/C36H28N4OS/c1-22-13-25-17-31(39-21-34(25)42-22)24-15-26(36(2,3)4)18-28(16-24)41-27-9-10-29-30-14-23(20-37)8-11-32(30)40(33(29)19-27)35-7-5-6-12-38-35/h5-19,21H,1-4H3. The molecule has 0 N–H and O–H groups in total. The van der Waals surface area contributed by atoms with Crippen LogP contribution in [-0.4, -0.2) is 14.5 Å². The molecule has 0 amide bonds. The number of nitriles is 1. The molecule has 0 unspecified atom stereocenters.